The molecule has 2 nitrogen and oxygen atoms in total. The minimum atomic E-state index is -1.93. The summed E-state index contributed by atoms with van der Waals surface area (Å²) in [4.78, 5) is 0. The van der Waals surface area contributed by atoms with E-state index in [0.717, 1.165) is 45.2 Å². The van der Waals surface area contributed by atoms with Gasteiger partial charge in [0.1, 0.15) is 11.2 Å². The highest BCUT2D eigenvalue weighted by atomic mass is 79.9. The topological polar surface area (TPSA) is 18.5 Å². The number of hydrogen-bond acceptors (Lipinski definition) is 2. The third-order valence-corrected chi connectivity index (χ3v) is 28.5. The Morgan fingerprint density at radius 2 is 0.476 bits per heavy atom. The quantitative estimate of drug-likeness (QED) is 0.0630. The summed E-state index contributed by atoms with van der Waals surface area (Å²) in [5, 5.41) is 0. The van der Waals surface area contributed by atoms with Gasteiger partial charge in [-0.1, -0.05) is 279 Å². The van der Waals surface area contributed by atoms with Crippen LogP contribution in [-0.4, -0.2) is 16.6 Å². The minimum absolute atomic E-state index is 0.199. The zero-order valence-corrected chi connectivity index (χ0v) is 55.1. The van der Waals surface area contributed by atoms with E-state index in [1.54, 1.807) is 0 Å². The number of allylic oxidation sites excluding steroid dienone is 4. The van der Waals surface area contributed by atoms with Crippen LogP contribution in [-0.2, 0) is 30.9 Å². The second-order valence-corrected chi connectivity index (χ2v) is 34.4. The van der Waals surface area contributed by atoms with Crippen LogP contribution >= 0.6 is 31.9 Å². The molecule has 0 spiro atoms. The van der Waals surface area contributed by atoms with Gasteiger partial charge in [0.25, 0.3) is 0 Å². The molecular formula is C76H82Br2O2Si2. The van der Waals surface area contributed by atoms with Crippen LogP contribution < -0.4 is 0 Å². The van der Waals surface area contributed by atoms with Gasteiger partial charge in [0.2, 0.25) is 0 Å². The molecule has 2 aliphatic carbocycles. The summed E-state index contributed by atoms with van der Waals surface area (Å²) in [5.74, 6) is 0. The smallest absolute Gasteiger partial charge is 0.194 e. The van der Waals surface area contributed by atoms with Gasteiger partial charge < -0.3 is 8.85 Å². The van der Waals surface area contributed by atoms with Gasteiger partial charge in [-0.15, -0.1) is 0 Å². The second-order valence-electron chi connectivity index (χ2n) is 23.2. The summed E-state index contributed by atoms with van der Waals surface area (Å²) in [6.45, 7) is 22.7. The average molecular weight is 1240 g/mol. The standard InChI is InChI=1S/C39H44OSi.C37H38Br2OSi/c1-7-41(8-2,9-3)40-39(37-24-20-35(21-25-37)33-16-12-31(5)13-17-33)28-26-38(6,27-29-39)36-22-18-34(19-23-36)32-14-10-30(4)11-15-32;1-5-41(6-2,7-3)40-37(33-18-10-29(11-19-33)31-14-22-35(39)23-15-31)26-24-36(4,25-27-37)32-16-8-28(9-17-32)30-12-20-34(38)21-13-30/h10-29H,7-9H2,1-6H3;8-27H,5-7H2,1-4H3. The molecule has 0 heterocycles. The van der Waals surface area contributed by atoms with Gasteiger partial charge in [-0.2, -0.15) is 0 Å². The van der Waals surface area contributed by atoms with Crippen LogP contribution in [0.2, 0.25) is 36.3 Å². The van der Waals surface area contributed by atoms with E-state index >= 15 is 0 Å². The lowest BCUT2D eigenvalue weighted by molar-refractivity contribution is 0.153. The molecule has 0 aliphatic heterocycles. The Hall–Kier alpha value is -5.97. The van der Waals surface area contributed by atoms with Crippen molar-refractivity contribution in [1.82, 2.24) is 0 Å². The Morgan fingerprint density at radius 3 is 0.695 bits per heavy atom. The molecule has 0 N–H and O–H groups in total. The monoisotopic (exact) mass is 1240 g/mol. The summed E-state index contributed by atoms with van der Waals surface area (Å²) >= 11 is 7.09. The fraction of sp³-hybridized carbons (Fsp3) is 0.263. The zero-order chi connectivity index (χ0) is 58.2. The van der Waals surface area contributed by atoms with Crippen LogP contribution in [0.4, 0.5) is 0 Å². The van der Waals surface area contributed by atoms with E-state index in [1.807, 2.05) is 0 Å². The Balaban J connectivity index is 0.000000198. The van der Waals surface area contributed by atoms with E-state index in [4.69, 9.17) is 8.85 Å². The molecule has 6 heteroatoms. The predicted octanol–water partition coefficient (Wildman–Crippen LogP) is 22.8. The number of halogens is 2. The summed E-state index contributed by atoms with van der Waals surface area (Å²) in [6.07, 6.45) is 18.8. The lowest BCUT2D eigenvalue weighted by atomic mass is 9.74. The van der Waals surface area contributed by atoms with Gasteiger partial charge >= 0.3 is 0 Å². The summed E-state index contributed by atoms with van der Waals surface area (Å²) in [6, 6.07) is 77.2. The first kappa shape index (κ1) is 60.6. The maximum atomic E-state index is 7.34. The fourth-order valence-corrected chi connectivity index (χ4v) is 18.1. The molecule has 0 aromatic heterocycles. The van der Waals surface area contributed by atoms with Gasteiger partial charge in [-0.25, -0.2) is 0 Å². The van der Waals surface area contributed by atoms with Gasteiger partial charge in [0.05, 0.1) is 0 Å². The van der Waals surface area contributed by atoms with E-state index in [2.05, 4.69) is 344 Å². The zero-order valence-electron chi connectivity index (χ0n) is 49.9. The van der Waals surface area contributed by atoms with Crippen LogP contribution in [0.3, 0.4) is 0 Å². The number of hydrogen-bond donors (Lipinski definition) is 0. The van der Waals surface area contributed by atoms with E-state index < -0.39 is 27.8 Å². The van der Waals surface area contributed by atoms with Gasteiger partial charge in [-0.3, -0.25) is 0 Å². The first-order valence-electron chi connectivity index (χ1n) is 29.8. The van der Waals surface area contributed by atoms with Gasteiger partial charge in [0, 0.05) is 19.8 Å². The third-order valence-electron chi connectivity index (χ3n) is 18.2. The van der Waals surface area contributed by atoms with Crippen molar-refractivity contribution in [3.63, 3.8) is 0 Å². The molecule has 0 radical (unpaired) electrons. The Morgan fingerprint density at radius 1 is 0.280 bits per heavy atom. The highest BCUT2D eigenvalue weighted by molar-refractivity contribution is 9.10. The Bertz CT molecular complexity index is 3210. The molecule has 0 saturated carbocycles. The third kappa shape index (κ3) is 13.3. The number of aryl methyl sites for hydroxylation is 2. The highest BCUT2D eigenvalue weighted by Crippen LogP contribution is 2.46. The van der Waals surface area contributed by atoms with Crippen molar-refractivity contribution in [2.75, 3.05) is 0 Å². The Kier molecular flexibility index (Phi) is 19.1. The molecule has 420 valence electrons. The lowest BCUT2D eigenvalue weighted by Crippen LogP contribution is -2.45. The van der Waals surface area contributed by atoms with Crippen LogP contribution in [0.15, 0.2) is 252 Å². The lowest BCUT2D eigenvalue weighted by Gasteiger charge is -2.43. The van der Waals surface area contributed by atoms with E-state index in [9.17, 15) is 0 Å². The maximum absolute atomic E-state index is 7.34. The predicted molar refractivity (Wildman–Crippen MR) is 364 cm³/mol. The largest absolute Gasteiger partial charge is 0.401 e. The van der Waals surface area contributed by atoms with E-state index in [0.29, 0.717) is 0 Å². The molecule has 0 unspecified atom stereocenters. The highest BCUT2D eigenvalue weighted by Gasteiger charge is 2.43. The summed E-state index contributed by atoms with van der Waals surface area (Å²) < 4.78 is 16.9. The first-order valence-corrected chi connectivity index (χ1v) is 36.4. The molecule has 0 saturated heterocycles. The molecule has 8 aromatic carbocycles. The first-order chi connectivity index (χ1) is 39.5. The molecule has 2 aliphatic rings. The molecule has 0 amide bonds. The minimum Gasteiger partial charge on any atom is -0.401 e. The summed E-state index contributed by atoms with van der Waals surface area (Å²) in [5.41, 5.74) is 15.8. The molecular weight excluding hydrogens is 1160 g/mol. The number of rotatable bonds is 18. The number of benzene rings is 8. The van der Waals surface area contributed by atoms with Crippen LogP contribution in [0, 0.1) is 13.8 Å². The Labute approximate surface area is 510 Å². The summed E-state index contributed by atoms with van der Waals surface area (Å²) in [7, 11) is -3.85. The molecule has 0 atom stereocenters. The van der Waals surface area contributed by atoms with Crippen LogP contribution in [0.1, 0.15) is 88.8 Å². The van der Waals surface area contributed by atoms with Crippen molar-refractivity contribution in [1.29, 1.82) is 0 Å². The van der Waals surface area contributed by atoms with Crippen molar-refractivity contribution in [2.45, 2.75) is 128 Å². The van der Waals surface area contributed by atoms with Crippen LogP contribution in [0.25, 0.3) is 44.5 Å². The maximum Gasteiger partial charge on any atom is 0.194 e. The van der Waals surface area contributed by atoms with Crippen molar-refractivity contribution in [3.05, 3.63) is 285 Å². The van der Waals surface area contributed by atoms with E-state index in [1.165, 1.54) is 77.9 Å². The molecule has 0 bridgehead atoms. The van der Waals surface area contributed by atoms with Gasteiger partial charge in [0.15, 0.2) is 16.6 Å². The second kappa shape index (κ2) is 25.9. The molecule has 0 fully saturated rings. The molecule has 8 aromatic rings. The fourth-order valence-electron chi connectivity index (χ4n) is 11.7. The van der Waals surface area contributed by atoms with Crippen molar-refractivity contribution < 1.29 is 8.85 Å². The van der Waals surface area contributed by atoms with Crippen LogP contribution in [0.5, 0.6) is 0 Å². The average Bonchev–Trinajstić information content (AvgIpc) is 2.74. The van der Waals surface area contributed by atoms with Crippen molar-refractivity contribution in [3.8, 4) is 44.5 Å². The van der Waals surface area contributed by atoms with Crippen molar-refractivity contribution in [2.24, 2.45) is 0 Å². The van der Waals surface area contributed by atoms with E-state index in [-0.39, 0.29) is 10.8 Å². The SMILES string of the molecule is CC[Si](CC)(CC)OC1(c2ccc(-c3ccc(Br)cc3)cc2)C=CC(C)(c2ccc(-c3ccc(Br)cc3)cc2)C=C1.CC[Si](CC)(CC)OC1(c2ccc(-c3ccc(C)cc3)cc2)C=CC(C)(c2ccc(-c3ccc(C)cc3)cc2)C=C1. The normalized spacial score (nSPS) is 20.3. The molecule has 10 rings (SSSR count). The molecule has 82 heavy (non-hydrogen) atoms. The van der Waals surface area contributed by atoms with Crippen molar-refractivity contribution >= 4 is 48.5 Å². The van der Waals surface area contributed by atoms with Gasteiger partial charge in [-0.05, 0) is 179 Å².